The van der Waals surface area contributed by atoms with Crippen LogP contribution in [0.25, 0.3) is 22.4 Å². The molecule has 1 aliphatic heterocycles. The lowest BCUT2D eigenvalue weighted by Crippen LogP contribution is -2.03. The Morgan fingerprint density at radius 2 is 1.72 bits per heavy atom. The molecule has 1 fully saturated rings. The maximum atomic E-state index is 14.0. The largest absolute Gasteiger partial charge is 0.381 e. The molecular formula is C24H25ClFN5O. The van der Waals surface area contributed by atoms with Crippen LogP contribution in [0.2, 0.25) is 5.02 Å². The van der Waals surface area contributed by atoms with Crippen molar-refractivity contribution in [3.63, 3.8) is 0 Å². The number of fused-ring (bicyclic) bond motifs is 1. The van der Waals surface area contributed by atoms with Gasteiger partial charge in [-0.25, -0.2) is 24.3 Å². The minimum atomic E-state index is -0.449. The first-order chi connectivity index (χ1) is 15.5. The third-order valence-electron chi connectivity index (χ3n) is 4.54. The van der Waals surface area contributed by atoms with Gasteiger partial charge in [-0.05, 0) is 63.4 Å². The summed E-state index contributed by atoms with van der Waals surface area (Å²) in [5.74, 6) is -0.449. The van der Waals surface area contributed by atoms with E-state index >= 15 is 0 Å². The molecule has 4 aromatic rings. The topological polar surface area (TPSA) is 73.7 Å². The zero-order valence-corrected chi connectivity index (χ0v) is 18.9. The highest BCUT2D eigenvalue weighted by Gasteiger charge is 2.13. The molecule has 3 aromatic heterocycles. The van der Waals surface area contributed by atoms with E-state index in [0.29, 0.717) is 27.4 Å². The molecule has 0 spiro atoms. The molecule has 1 aromatic carbocycles. The molecule has 1 saturated heterocycles. The number of hydrogen-bond donors (Lipinski definition) is 0. The highest BCUT2D eigenvalue weighted by atomic mass is 35.5. The number of hydrogen-bond acceptors (Lipinski definition) is 6. The van der Waals surface area contributed by atoms with Gasteiger partial charge < -0.3 is 4.74 Å². The van der Waals surface area contributed by atoms with Crippen LogP contribution >= 0.6 is 11.6 Å². The van der Waals surface area contributed by atoms with Crippen LogP contribution in [-0.4, -0.2) is 38.1 Å². The standard InChI is InChI=1S/C13H8ClFN4.C6H7N.C5H10O/c1-7-5-16-12-11(17-6-18-13(12)19-7)9-3-2-8(14)4-10(9)15;1-6-4-2-3-5-7-6;1-2-4-6-5-3-1/h2-6H,1H3;2-5H,1H3;1-5H2. The summed E-state index contributed by atoms with van der Waals surface area (Å²) >= 11 is 5.74. The number of rotatable bonds is 1. The van der Waals surface area contributed by atoms with Crippen molar-refractivity contribution >= 4 is 22.8 Å². The number of halogens is 2. The van der Waals surface area contributed by atoms with Crippen LogP contribution in [0.15, 0.2) is 55.1 Å². The van der Waals surface area contributed by atoms with E-state index in [1.54, 1.807) is 24.5 Å². The second-order valence-electron chi connectivity index (χ2n) is 7.17. The summed E-state index contributed by atoms with van der Waals surface area (Å²) in [5, 5.41) is 0.335. The molecule has 0 unspecified atom stereocenters. The third kappa shape index (κ3) is 7.00. The summed E-state index contributed by atoms with van der Waals surface area (Å²) in [6.45, 7) is 5.79. The van der Waals surface area contributed by atoms with Gasteiger partial charge >= 0.3 is 0 Å². The summed E-state index contributed by atoms with van der Waals surface area (Å²) in [6.07, 6.45) is 8.66. The van der Waals surface area contributed by atoms with E-state index in [1.165, 1.54) is 31.7 Å². The lowest BCUT2D eigenvalue weighted by Gasteiger charge is -2.08. The van der Waals surface area contributed by atoms with Gasteiger partial charge in [0.1, 0.15) is 23.4 Å². The van der Waals surface area contributed by atoms with E-state index in [0.717, 1.165) is 24.6 Å². The molecule has 0 amide bonds. The zero-order valence-electron chi connectivity index (χ0n) is 18.1. The number of aryl methyl sites for hydroxylation is 2. The van der Waals surface area contributed by atoms with Gasteiger partial charge in [0.2, 0.25) is 0 Å². The van der Waals surface area contributed by atoms with Crippen molar-refractivity contribution in [2.45, 2.75) is 33.1 Å². The van der Waals surface area contributed by atoms with Gasteiger partial charge in [-0.2, -0.15) is 0 Å². The fourth-order valence-electron chi connectivity index (χ4n) is 2.94. The van der Waals surface area contributed by atoms with Gasteiger partial charge in [0.15, 0.2) is 5.65 Å². The molecule has 32 heavy (non-hydrogen) atoms. The van der Waals surface area contributed by atoms with E-state index in [9.17, 15) is 4.39 Å². The fraction of sp³-hybridized carbons (Fsp3) is 0.292. The summed E-state index contributed by atoms with van der Waals surface area (Å²) in [5.41, 5.74) is 3.46. The molecule has 0 aliphatic carbocycles. The summed E-state index contributed by atoms with van der Waals surface area (Å²) in [4.78, 5) is 20.6. The van der Waals surface area contributed by atoms with Crippen LogP contribution < -0.4 is 0 Å². The molecule has 5 rings (SSSR count). The lowest BCUT2D eigenvalue weighted by atomic mass is 10.1. The van der Waals surface area contributed by atoms with Gasteiger partial charge in [0, 0.05) is 41.9 Å². The normalized spacial score (nSPS) is 12.9. The molecule has 1 aliphatic rings. The van der Waals surface area contributed by atoms with Crippen LogP contribution in [0, 0.1) is 19.7 Å². The lowest BCUT2D eigenvalue weighted by molar-refractivity contribution is 0.0968. The fourth-order valence-corrected chi connectivity index (χ4v) is 3.10. The first-order valence-electron chi connectivity index (χ1n) is 10.4. The van der Waals surface area contributed by atoms with Crippen LogP contribution in [0.3, 0.4) is 0 Å². The van der Waals surface area contributed by atoms with Crippen molar-refractivity contribution in [2.75, 3.05) is 13.2 Å². The number of aromatic nitrogens is 5. The van der Waals surface area contributed by atoms with Gasteiger partial charge in [-0.15, -0.1) is 0 Å². The predicted molar refractivity (Wildman–Crippen MR) is 124 cm³/mol. The van der Waals surface area contributed by atoms with Gasteiger partial charge in [0.05, 0.1) is 5.69 Å². The molecule has 0 N–H and O–H groups in total. The average molecular weight is 454 g/mol. The molecule has 166 valence electrons. The number of pyridine rings is 1. The van der Waals surface area contributed by atoms with E-state index in [2.05, 4.69) is 24.9 Å². The van der Waals surface area contributed by atoms with Gasteiger partial charge in [-0.1, -0.05) is 17.7 Å². The van der Waals surface area contributed by atoms with Crippen molar-refractivity contribution in [3.05, 3.63) is 77.3 Å². The third-order valence-corrected chi connectivity index (χ3v) is 4.78. The molecular weight excluding hydrogens is 429 g/mol. The Kier molecular flexibility index (Phi) is 8.95. The Morgan fingerprint density at radius 1 is 0.906 bits per heavy atom. The van der Waals surface area contributed by atoms with Gasteiger partial charge in [-0.3, -0.25) is 4.98 Å². The molecule has 0 radical (unpaired) electrons. The van der Waals surface area contributed by atoms with E-state index < -0.39 is 5.82 Å². The van der Waals surface area contributed by atoms with Crippen molar-refractivity contribution in [1.82, 2.24) is 24.9 Å². The van der Waals surface area contributed by atoms with Crippen molar-refractivity contribution in [2.24, 2.45) is 0 Å². The monoisotopic (exact) mass is 453 g/mol. The minimum absolute atomic E-state index is 0.329. The van der Waals surface area contributed by atoms with Gasteiger partial charge in [0.25, 0.3) is 0 Å². The second kappa shape index (κ2) is 12.1. The van der Waals surface area contributed by atoms with E-state index in [-0.39, 0.29) is 0 Å². The van der Waals surface area contributed by atoms with Crippen molar-refractivity contribution in [1.29, 1.82) is 0 Å². The quantitative estimate of drug-likeness (QED) is 0.364. The van der Waals surface area contributed by atoms with Crippen LogP contribution in [0.4, 0.5) is 4.39 Å². The Labute approximate surface area is 191 Å². The molecule has 0 saturated carbocycles. The Balaban J connectivity index is 0.000000181. The summed E-state index contributed by atoms with van der Waals surface area (Å²) in [7, 11) is 0. The number of ether oxygens (including phenoxy) is 1. The molecule has 0 bridgehead atoms. The number of nitrogens with zero attached hydrogens (tertiary/aromatic N) is 5. The maximum Gasteiger partial charge on any atom is 0.182 e. The van der Waals surface area contributed by atoms with Crippen LogP contribution in [0.5, 0.6) is 0 Å². The molecule has 0 atom stereocenters. The minimum Gasteiger partial charge on any atom is -0.381 e. The van der Waals surface area contributed by atoms with Crippen LogP contribution in [-0.2, 0) is 4.74 Å². The summed E-state index contributed by atoms with van der Waals surface area (Å²) in [6, 6.07) is 10.3. The van der Waals surface area contributed by atoms with E-state index in [4.69, 9.17) is 16.3 Å². The Hall–Kier alpha value is -3.03. The van der Waals surface area contributed by atoms with Crippen molar-refractivity contribution < 1.29 is 9.13 Å². The molecule has 6 nitrogen and oxygen atoms in total. The summed E-state index contributed by atoms with van der Waals surface area (Å²) < 4.78 is 19.0. The highest BCUT2D eigenvalue weighted by Crippen LogP contribution is 2.27. The molecule has 8 heteroatoms. The Bertz CT molecular complexity index is 1130. The van der Waals surface area contributed by atoms with Crippen LogP contribution in [0.1, 0.15) is 30.7 Å². The second-order valence-corrected chi connectivity index (χ2v) is 7.61. The number of benzene rings is 1. The Morgan fingerprint density at radius 3 is 2.28 bits per heavy atom. The molecule has 4 heterocycles. The zero-order chi connectivity index (χ0) is 22.8. The first kappa shape index (κ1) is 23.6. The predicted octanol–water partition coefficient (Wildman–Crippen LogP) is 5.76. The van der Waals surface area contributed by atoms with E-state index in [1.807, 2.05) is 32.0 Å². The first-order valence-corrected chi connectivity index (χ1v) is 10.8. The smallest absolute Gasteiger partial charge is 0.182 e. The average Bonchev–Trinajstić information content (AvgIpc) is 2.81. The van der Waals surface area contributed by atoms with Crippen molar-refractivity contribution in [3.8, 4) is 11.3 Å². The maximum absolute atomic E-state index is 14.0. The highest BCUT2D eigenvalue weighted by molar-refractivity contribution is 6.30. The SMILES string of the molecule is C1CCOCC1.Cc1ccccn1.Cc1cnc2c(-c3ccc(Cl)cc3F)ncnc2n1.